The average molecular weight is 754 g/mol. The zero-order valence-corrected chi connectivity index (χ0v) is 35.9. The molecule has 0 heterocycles. The van der Waals surface area contributed by atoms with Crippen molar-refractivity contribution in [2.75, 3.05) is 39.5 Å². The fourth-order valence-corrected chi connectivity index (χ4v) is 7.42. The predicted molar refractivity (Wildman–Crippen MR) is 224 cm³/mol. The average Bonchev–Trinajstić information content (AvgIpc) is 3.15. The van der Waals surface area contributed by atoms with Crippen LogP contribution in [0.1, 0.15) is 227 Å². The minimum absolute atomic E-state index is 0.0156. The summed E-state index contributed by atoms with van der Waals surface area (Å²) >= 11 is 0. The lowest BCUT2D eigenvalue weighted by atomic mass is 9.94. The van der Waals surface area contributed by atoms with E-state index < -0.39 is 6.10 Å². The van der Waals surface area contributed by atoms with E-state index in [-0.39, 0.29) is 30.4 Å². The smallest absolute Gasteiger partial charge is 0.308 e. The van der Waals surface area contributed by atoms with Crippen molar-refractivity contribution in [3.05, 3.63) is 0 Å². The summed E-state index contributed by atoms with van der Waals surface area (Å²) in [4.78, 5) is 28.0. The quantitative estimate of drug-likeness (QED) is 0.0473. The number of unbranched alkanes of at least 4 members (excludes halogenated alkanes) is 20. The molecule has 0 fully saturated rings. The summed E-state index contributed by atoms with van der Waals surface area (Å²) in [6.07, 6.45) is 34.0. The molecule has 0 aliphatic carbocycles. The van der Waals surface area contributed by atoms with Crippen LogP contribution in [0.25, 0.3) is 0 Å². The Morgan fingerprint density at radius 3 is 1.23 bits per heavy atom. The van der Waals surface area contributed by atoms with E-state index in [2.05, 4.69) is 32.6 Å². The molecule has 0 saturated heterocycles. The molecule has 0 amide bonds. The molecule has 0 aromatic heterocycles. The number of carbonyl (C=O) groups excluding carboxylic acids is 2. The number of hydrogen-bond acceptors (Lipinski definition) is 7. The maximum absolute atomic E-state index is 12.9. The van der Waals surface area contributed by atoms with Crippen molar-refractivity contribution < 1.29 is 29.3 Å². The number of hydrogen-bond donors (Lipinski definition) is 2. The van der Waals surface area contributed by atoms with Gasteiger partial charge in [-0.05, 0) is 64.3 Å². The first kappa shape index (κ1) is 51.8. The van der Waals surface area contributed by atoms with E-state index in [1.165, 1.54) is 103 Å². The Kier molecular flexibility index (Phi) is 39.6. The van der Waals surface area contributed by atoms with Crippen LogP contribution in [0.4, 0.5) is 0 Å². The van der Waals surface area contributed by atoms with Crippen molar-refractivity contribution >= 4 is 11.9 Å². The lowest BCUT2D eigenvalue weighted by Crippen LogP contribution is -2.35. The molecule has 0 aliphatic rings. The first-order valence-electron chi connectivity index (χ1n) is 23.3. The molecule has 0 spiro atoms. The number of rotatable bonds is 42. The summed E-state index contributed by atoms with van der Waals surface area (Å²) in [7, 11) is 0. The Labute approximate surface area is 329 Å². The van der Waals surface area contributed by atoms with Gasteiger partial charge in [0, 0.05) is 13.1 Å². The first-order chi connectivity index (χ1) is 25.9. The number of aliphatic hydroxyl groups is 2. The second-order valence-electron chi connectivity index (χ2n) is 16.1. The molecule has 2 unspecified atom stereocenters. The monoisotopic (exact) mass is 754 g/mol. The van der Waals surface area contributed by atoms with Crippen molar-refractivity contribution in [1.82, 2.24) is 4.90 Å². The highest BCUT2D eigenvalue weighted by Crippen LogP contribution is 2.22. The van der Waals surface area contributed by atoms with Crippen LogP contribution in [-0.4, -0.2) is 72.6 Å². The highest BCUT2D eigenvalue weighted by Gasteiger charge is 2.21. The number of carbonyl (C=O) groups is 2. The third-order valence-electron chi connectivity index (χ3n) is 11.0. The van der Waals surface area contributed by atoms with Crippen LogP contribution >= 0.6 is 0 Å². The van der Waals surface area contributed by atoms with E-state index in [1.54, 1.807) is 0 Å². The zero-order valence-electron chi connectivity index (χ0n) is 35.9. The normalized spacial score (nSPS) is 13.3. The highest BCUT2D eigenvalue weighted by molar-refractivity contribution is 5.72. The van der Waals surface area contributed by atoms with Crippen molar-refractivity contribution in [2.45, 2.75) is 233 Å². The molecular weight excluding hydrogens is 663 g/mol. The lowest BCUT2D eigenvalue weighted by molar-refractivity contribution is -0.150. The second kappa shape index (κ2) is 40.5. The van der Waals surface area contributed by atoms with E-state index in [9.17, 15) is 19.8 Å². The summed E-state index contributed by atoms with van der Waals surface area (Å²) in [5, 5.41) is 20.3. The largest absolute Gasteiger partial charge is 0.465 e. The summed E-state index contributed by atoms with van der Waals surface area (Å²) < 4.78 is 11.5. The number of nitrogens with zero attached hydrogens (tertiary/aromatic N) is 1. The standard InChI is InChI=1S/C46H91NO6/c1-5-9-13-17-19-25-33-42(31-23-15-11-7-3)45(50)52-39-29-22-21-28-36-47(37-38-48)41-44(49)35-27-30-40-53-46(51)43(32-24-16-12-8-4)34-26-20-18-14-10-6-2/h42-44,48-49H,5-41H2,1-4H3/t42?,43?,44-/m1/s1. The van der Waals surface area contributed by atoms with E-state index in [1.807, 2.05) is 0 Å². The molecule has 0 aliphatic heterocycles. The van der Waals surface area contributed by atoms with Crippen LogP contribution in [0, 0.1) is 11.8 Å². The number of aliphatic hydroxyl groups excluding tert-OH is 2. The van der Waals surface area contributed by atoms with E-state index >= 15 is 0 Å². The molecule has 0 bridgehead atoms. The minimum atomic E-state index is -0.457. The summed E-state index contributed by atoms with van der Waals surface area (Å²) in [5.41, 5.74) is 0. The third kappa shape index (κ3) is 33.8. The maximum Gasteiger partial charge on any atom is 0.308 e. The van der Waals surface area contributed by atoms with Crippen molar-refractivity contribution in [3.8, 4) is 0 Å². The first-order valence-corrected chi connectivity index (χ1v) is 23.3. The molecule has 0 radical (unpaired) electrons. The van der Waals surface area contributed by atoms with Crippen LogP contribution < -0.4 is 0 Å². The molecule has 0 aromatic rings. The van der Waals surface area contributed by atoms with Gasteiger partial charge < -0.3 is 19.7 Å². The van der Waals surface area contributed by atoms with Gasteiger partial charge >= 0.3 is 11.9 Å². The molecule has 0 aromatic carbocycles. The molecule has 7 nitrogen and oxygen atoms in total. The van der Waals surface area contributed by atoms with E-state index in [4.69, 9.17) is 9.47 Å². The van der Waals surface area contributed by atoms with Gasteiger partial charge in [-0.25, -0.2) is 0 Å². The van der Waals surface area contributed by atoms with Gasteiger partial charge in [0.1, 0.15) is 0 Å². The Bertz CT molecular complexity index is 779. The Morgan fingerprint density at radius 1 is 0.453 bits per heavy atom. The Balaban J connectivity index is 4.32. The highest BCUT2D eigenvalue weighted by atomic mass is 16.5. The Morgan fingerprint density at radius 2 is 0.792 bits per heavy atom. The van der Waals surface area contributed by atoms with Gasteiger partial charge in [-0.15, -0.1) is 0 Å². The Hall–Kier alpha value is -1.18. The molecule has 316 valence electrons. The van der Waals surface area contributed by atoms with Crippen molar-refractivity contribution in [1.29, 1.82) is 0 Å². The summed E-state index contributed by atoms with van der Waals surface area (Å²) in [6.45, 7) is 11.9. The van der Waals surface area contributed by atoms with E-state index in [0.29, 0.717) is 32.7 Å². The van der Waals surface area contributed by atoms with Crippen LogP contribution in [-0.2, 0) is 19.1 Å². The topological polar surface area (TPSA) is 96.3 Å². The van der Waals surface area contributed by atoms with Gasteiger partial charge in [0.25, 0.3) is 0 Å². The minimum Gasteiger partial charge on any atom is -0.465 e. The van der Waals surface area contributed by atoms with Crippen LogP contribution in [0.3, 0.4) is 0 Å². The molecular formula is C46H91NO6. The van der Waals surface area contributed by atoms with Crippen molar-refractivity contribution in [2.24, 2.45) is 11.8 Å². The summed E-state index contributed by atoms with van der Waals surface area (Å²) in [6, 6.07) is 0. The van der Waals surface area contributed by atoms with Gasteiger partial charge in [-0.3, -0.25) is 14.5 Å². The van der Waals surface area contributed by atoms with Crippen LogP contribution in [0.5, 0.6) is 0 Å². The second-order valence-corrected chi connectivity index (χ2v) is 16.1. The molecule has 53 heavy (non-hydrogen) atoms. The van der Waals surface area contributed by atoms with Gasteiger partial charge in [-0.1, -0.05) is 169 Å². The zero-order chi connectivity index (χ0) is 39.0. The summed E-state index contributed by atoms with van der Waals surface area (Å²) in [5.74, 6) is 0.0850. The van der Waals surface area contributed by atoms with Crippen LogP contribution in [0.2, 0.25) is 0 Å². The molecule has 7 heteroatoms. The molecule has 3 atom stereocenters. The van der Waals surface area contributed by atoms with Gasteiger partial charge in [0.2, 0.25) is 0 Å². The lowest BCUT2D eigenvalue weighted by Gasteiger charge is -2.24. The SMILES string of the molecule is CCCCCCCCC(CCCCCC)C(=O)OCCCCCCN(CCO)C[C@H](O)CCCCOC(=O)C(CCCCCC)CCCCCCCC. The maximum atomic E-state index is 12.9. The predicted octanol–water partition coefficient (Wildman–Crippen LogP) is 12.1. The van der Waals surface area contributed by atoms with Gasteiger partial charge in [0.05, 0.1) is 37.8 Å². The van der Waals surface area contributed by atoms with Crippen molar-refractivity contribution in [3.63, 3.8) is 0 Å². The van der Waals surface area contributed by atoms with Gasteiger partial charge in [-0.2, -0.15) is 0 Å². The van der Waals surface area contributed by atoms with Crippen LogP contribution in [0.15, 0.2) is 0 Å². The molecule has 2 N–H and O–H groups in total. The molecule has 0 rings (SSSR count). The number of esters is 2. The van der Waals surface area contributed by atoms with Gasteiger partial charge in [0.15, 0.2) is 0 Å². The third-order valence-corrected chi connectivity index (χ3v) is 11.0. The fraction of sp³-hybridized carbons (Fsp3) is 0.957. The fourth-order valence-electron chi connectivity index (χ4n) is 7.42. The number of ether oxygens (including phenoxy) is 2. The van der Waals surface area contributed by atoms with E-state index in [0.717, 1.165) is 96.4 Å². The molecule has 0 saturated carbocycles.